The number of anilines is 1. The first-order valence-electron chi connectivity index (χ1n) is 8.89. The van der Waals surface area contributed by atoms with Crippen LogP contribution in [0.1, 0.15) is 36.2 Å². The molecule has 1 unspecified atom stereocenters. The van der Waals surface area contributed by atoms with E-state index in [1.807, 2.05) is 13.8 Å². The lowest BCUT2D eigenvalue weighted by molar-refractivity contribution is -0.115. The molecule has 0 radical (unpaired) electrons. The van der Waals surface area contributed by atoms with Gasteiger partial charge in [0.05, 0.1) is 31.9 Å². The van der Waals surface area contributed by atoms with Crippen LogP contribution in [0.3, 0.4) is 0 Å². The van der Waals surface area contributed by atoms with Gasteiger partial charge in [0.2, 0.25) is 5.91 Å². The maximum atomic E-state index is 12.5. The number of methoxy groups -OCH3 is 2. The Hall–Kier alpha value is -3.02. The molecule has 2 N–H and O–H groups in total. The number of hydrogen-bond donors (Lipinski definition) is 2. The van der Waals surface area contributed by atoms with Gasteiger partial charge >= 0.3 is 0 Å². The number of amides is 2. The molecule has 0 fully saturated rings. The number of carbonyl (C=O) groups is 2. The Bertz CT molecular complexity index is 805. The molecule has 0 saturated carbocycles. The third kappa shape index (κ3) is 5.48. The van der Waals surface area contributed by atoms with Crippen LogP contribution < -0.4 is 20.1 Å². The van der Waals surface area contributed by atoms with Crippen LogP contribution in [0.4, 0.5) is 5.69 Å². The second-order valence-electron chi connectivity index (χ2n) is 6.23. The SMILES string of the molecule is CCC(C)NC(=O)c1ccccc1NC(=O)Cc1ccc(OC)cc1OC. The minimum absolute atomic E-state index is 0.0600. The maximum Gasteiger partial charge on any atom is 0.253 e. The minimum atomic E-state index is -0.234. The highest BCUT2D eigenvalue weighted by Crippen LogP contribution is 2.25. The molecular formula is C21H26N2O4. The molecule has 2 aromatic carbocycles. The summed E-state index contributed by atoms with van der Waals surface area (Å²) in [6.07, 6.45) is 0.950. The van der Waals surface area contributed by atoms with Crippen LogP contribution in [-0.2, 0) is 11.2 Å². The first-order valence-corrected chi connectivity index (χ1v) is 8.89. The fourth-order valence-electron chi connectivity index (χ4n) is 2.56. The van der Waals surface area contributed by atoms with Crippen LogP contribution in [0.5, 0.6) is 11.5 Å². The summed E-state index contributed by atoms with van der Waals surface area (Å²) in [5.41, 5.74) is 1.65. The van der Waals surface area contributed by atoms with Gasteiger partial charge in [0.1, 0.15) is 11.5 Å². The number of rotatable bonds is 8. The summed E-state index contributed by atoms with van der Waals surface area (Å²) in [5, 5.41) is 5.74. The van der Waals surface area contributed by atoms with Crippen molar-refractivity contribution in [1.82, 2.24) is 5.32 Å². The van der Waals surface area contributed by atoms with E-state index >= 15 is 0 Å². The quantitative estimate of drug-likeness (QED) is 0.747. The van der Waals surface area contributed by atoms with Crippen LogP contribution in [-0.4, -0.2) is 32.1 Å². The lowest BCUT2D eigenvalue weighted by Crippen LogP contribution is -2.32. The summed E-state index contributed by atoms with van der Waals surface area (Å²) in [4.78, 5) is 25.0. The number of nitrogens with one attached hydrogen (secondary N) is 2. The van der Waals surface area contributed by atoms with Gasteiger partial charge in [-0.05, 0) is 31.5 Å². The van der Waals surface area contributed by atoms with E-state index in [-0.39, 0.29) is 24.3 Å². The fourth-order valence-corrected chi connectivity index (χ4v) is 2.56. The lowest BCUT2D eigenvalue weighted by Gasteiger charge is -2.15. The van der Waals surface area contributed by atoms with Gasteiger partial charge in [0.15, 0.2) is 0 Å². The molecule has 6 nitrogen and oxygen atoms in total. The van der Waals surface area contributed by atoms with Gasteiger partial charge in [0.25, 0.3) is 5.91 Å². The molecule has 0 aliphatic heterocycles. The van der Waals surface area contributed by atoms with Gasteiger partial charge in [-0.1, -0.05) is 25.1 Å². The van der Waals surface area contributed by atoms with Gasteiger partial charge in [-0.2, -0.15) is 0 Å². The van der Waals surface area contributed by atoms with Crippen molar-refractivity contribution in [3.63, 3.8) is 0 Å². The van der Waals surface area contributed by atoms with Crippen molar-refractivity contribution in [2.75, 3.05) is 19.5 Å². The molecule has 2 amide bonds. The second-order valence-corrected chi connectivity index (χ2v) is 6.23. The summed E-state index contributed by atoms with van der Waals surface area (Å²) in [6.45, 7) is 3.94. The Balaban J connectivity index is 2.14. The Morgan fingerprint density at radius 1 is 1.07 bits per heavy atom. The van der Waals surface area contributed by atoms with Crippen molar-refractivity contribution in [3.8, 4) is 11.5 Å². The highest BCUT2D eigenvalue weighted by molar-refractivity contribution is 6.04. The predicted octanol–water partition coefficient (Wildman–Crippen LogP) is 3.41. The molecule has 0 saturated heterocycles. The summed E-state index contributed by atoms with van der Waals surface area (Å²) in [6, 6.07) is 12.3. The summed E-state index contributed by atoms with van der Waals surface area (Å²) in [7, 11) is 3.12. The summed E-state index contributed by atoms with van der Waals surface area (Å²) >= 11 is 0. The molecule has 0 spiro atoms. The average Bonchev–Trinajstić information content (AvgIpc) is 2.68. The number of para-hydroxylation sites is 1. The largest absolute Gasteiger partial charge is 0.497 e. The summed E-state index contributed by atoms with van der Waals surface area (Å²) < 4.78 is 10.5. The zero-order chi connectivity index (χ0) is 19.8. The van der Waals surface area contributed by atoms with Crippen molar-refractivity contribution >= 4 is 17.5 Å². The third-order valence-corrected chi connectivity index (χ3v) is 4.28. The molecule has 0 aliphatic carbocycles. The number of carbonyl (C=O) groups excluding carboxylic acids is 2. The zero-order valence-corrected chi connectivity index (χ0v) is 16.2. The van der Waals surface area contributed by atoms with E-state index in [4.69, 9.17) is 9.47 Å². The highest BCUT2D eigenvalue weighted by Gasteiger charge is 2.16. The van der Waals surface area contributed by atoms with E-state index < -0.39 is 0 Å². The molecular weight excluding hydrogens is 344 g/mol. The van der Waals surface area contributed by atoms with Crippen molar-refractivity contribution in [2.45, 2.75) is 32.7 Å². The highest BCUT2D eigenvalue weighted by atomic mass is 16.5. The normalized spacial score (nSPS) is 11.4. The molecule has 0 bridgehead atoms. The summed E-state index contributed by atoms with van der Waals surface area (Å²) in [5.74, 6) is 0.792. The van der Waals surface area contributed by atoms with Crippen molar-refractivity contribution in [2.24, 2.45) is 0 Å². The van der Waals surface area contributed by atoms with E-state index in [9.17, 15) is 9.59 Å². The van der Waals surface area contributed by atoms with Crippen LogP contribution in [0.15, 0.2) is 42.5 Å². The smallest absolute Gasteiger partial charge is 0.253 e. The monoisotopic (exact) mass is 370 g/mol. The van der Waals surface area contributed by atoms with E-state index in [0.29, 0.717) is 22.7 Å². The van der Waals surface area contributed by atoms with Crippen LogP contribution in [0.2, 0.25) is 0 Å². The van der Waals surface area contributed by atoms with Gasteiger partial charge < -0.3 is 20.1 Å². The second kappa shape index (κ2) is 9.62. The van der Waals surface area contributed by atoms with Crippen molar-refractivity contribution in [1.29, 1.82) is 0 Å². The predicted molar refractivity (Wildman–Crippen MR) is 106 cm³/mol. The molecule has 1 atom stereocenters. The van der Waals surface area contributed by atoms with E-state index in [1.54, 1.807) is 56.7 Å². The van der Waals surface area contributed by atoms with Gasteiger partial charge in [-0.15, -0.1) is 0 Å². The Labute approximate surface area is 159 Å². The molecule has 27 heavy (non-hydrogen) atoms. The van der Waals surface area contributed by atoms with Crippen LogP contribution >= 0.6 is 0 Å². The van der Waals surface area contributed by atoms with E-state index in [1.165, 1.54) is 0 Å². The molecule has 0 heterocycles. The Kier molecular flexibility index (Phi) is 7.23. The number of hydrogen-bond acceptors (Lipinski definition) is 4. The third-order valence-electron chi connectivity index (χ3n) is 4.28. The first kappa shape index (κ1) is 20.3. The molecule has 0 aliphatic rings. The Morgan fingerprint density at radius 3 is 2.48 bits per heavy atom. The standard InChI is InChI=1S/C21H26N2O4/c1-5-14(2)22-21(25)17-8-6-7-9-18(17)23-20(24)12-15-10-11-16(26-3)13-19(15)27-4/h6-11,13-14H,5,12H2,1-4H3,(H,22,25)(H,23,24). The number of benzene rings is 2. The van der Waals surface area contributed by atoms with Crippen LogP contribution in [0.25, 0.3) is 0 Å². The zero-order valence-electron chi connectivity index (χ0n) is 16.2. The lowest BCUT2D eigenvalue weighted by atomic mass is 10.1. The molecule has 6 heteroatoms. The molecule has 2 aromatic rings. The topological polar surface area (TPSA) is 76.7 Å². The minimum Gasteiger partial charge on any atom is -0.497 e. The average molecular weight is 370 g/mol. The number of ether oxygens (including phenoxy) is 2. The van der Waals surface area contributed by atoms with E-state index in [2.05, 4.69) is 10.6 Å². The molecule has 144 valence electrons. The Morgan fingerprint density at radius 2 is 1.81 bits per heavy atom. The first-order chi connectivity index (χ1) is 13.0. The van der Waals surface area contributed by atoms with Gasteiger partial charge in [-0.25, -0.2) is 0 Å². The van der Waals surface area contributed by atoms with Gasteiger partial charge in [0, 0.05) is 17.7 Å². The van der Waals surface area contributed by atoms with Crippen molar-refractivity contribution < 1.29 is 19.1 Å². The van der Waals surface area contributed by atoms with Gasteiger partial charge in [-0.3, -0.25) is 9.59 Å². The molecule has 0 aromatic heterocycles. The van der Waals surface area contributed by atoms with E-state index in [0.717, 1.165) is 12.0 Å². The molecule has 2 rings (SSSR count). The fraction of sp³-hybridized carbons (Fsp3) is 0.333. The van der Waals surface area contributed by atoms with Crippen LogP contribution in [0, 0.1) is 0 Å². The van der Waals surface area contributed by atoms with Crippen molar-refractivity contribution in [3.05, 3.63) is 53.6 Å². The maximum absolute atomic E-state index is 12.5.